The summed E-state index contributed by atoms with van der Waals surface area (Å²) in [6, 6.07) is 16.3. The van der Waals surface area contributed by atoms with E-state index in [-0.39, 0.29) is 11.7 Å². The minimum Gasteiger partial charge on any atom is -0.289 e. The molecule has 2 aromatic carbocycles. The summed E-state index contributed by atoms with van der Waals surface area (Å²) < 4.78 is 1.52. The SMILES string of the molecule is CCC(=O)n1ccnc1-c1cccc(C(=O)c2ccccc2)c1. The van der Waals surface area contributed by atoms with Gasteiger partial charge in [0, 0.05) is 35.5 Å². The van der Waals surface area contributed by atoms with Crippen molar-refractivity contribution in [2.24, 2.45) is 0 Å². The van der Waals surface area contributed by atoms with Gasteiger partial charge in [-0.05, 0) is 6.07 Å². The third-order valence-electron chi connectivity index (χ3n) is 3.63. The van der Waals surface area contributed by atoms with E-state index in [0.29, 0.717) is 23.4 Å². The van der Waals surface area contributed by atoms with Gasteiger partial charge in [-0.25, -0.2) is 4.98 Å². The van der Waals surface area contributed by atoms with Gasteiger partial charge in [-0.3, -0.25) is 14.2 Å². The van der Waals surface area contributed by atoms with E-state index in [2.05, 4.69) is 4.98 Å². The molecular formula is C19H16N2O2. The highest BCUT2D eigenvalue weighted by Gasteiger charge is 2.14. The second-order valence-corrected chi connectivity index (χ2v) is 5.14. The van der Waals surface area contributed by atoms with Crippen molar-refractivity contribution in [1.82, 2.24) is 9.55 Å². The highest BCUT2D eigenvalue weighted by atomic mass is 16.2. The van der Waals surface area contributed by atoms with Crippen LogP contribution in [0.5, 0.6) is 0 Å². The molecule has 0 aliphatic heterocycles. The van der Waals surface area contributed by atoms with Gasteiger partial charge >= 0.3 is 0 Å². The predicted octanol–water partition coefficient (Wildman–Crippen LogP) is 3.83. The molecule has 1 aromatic heterocycles. The van der Waals surface area contributed by atoms with E-state index in [1.807, 2.05) is 31.2 Å². The summed E-state index contributed by atoms with van der Waals surface area (Å²) >= 11 is 0. The van der Waals surface area contributed by atoms with Crippen LogP contribution in [0.3, 0.4) is 0 Å². The maximum Gasteiger partial charge on any atom is 0.232 e. The van der Waals surface area contributed by atoms with Gasteiger partial charge in [-0.15, -0.1) is 0 Å². The van der Waals surface area contributed by atoms with E-state index in [4.69, 9.17) is 0 Å². The van der Waals surface area contributed by atoms with Crippen LogP contribution in [0.2, 0.25) is 0 Å². The van der Waals surface area contributed by atoms with Gasteiger partial charge in [0.15, 0.2) is 5.78 Å². The minimum atomic E-state index is -0.0487. The second kappa shape index (κ2) is 6.40. The van der Waals surface area contributed by atoms with Crippen molar-refractivity contribution in [2.45, 2.75) is 13.3 Å². The van der Waals surface area contributed by atoms with Crippen molar-refractivity contribution in [1.29, 1.82) is 0 Å². The van der Waals surface area contributed by atoms with Crippen LogP contribution in [0, 0.1) is 0 Å². The zero-order valence-electron chi connectivity index (χ0n) is 12.8. The zero-order chi connectivity index (χ0) is 16.2. The highest BCUT2D eigenvalue weighted by molar-refractivity contribution is 6.09. The third-order valence-corrected chi connectivity index (χ3v) is 3.63. The van der Waals surface area contributed by atoms with Crippen LogP contribution in [0.25, 0.3) is 11.4 Å². The molecule has 0 bridgehead atoms. The Morgan fingerprint density at radius 2 is 1.74 bits per heavy atom. The fraction of sp³-hybridized carbons (Fsp3) is 0.105. The Hall–Kier alpha value is -3.01. The largest absolute Gasteiger partial charge is 0.289 e. The van der Waals surface area contributed by atoms with Crippen molar-refractivity contribution in [3.8, 4) is 11.4 Å². The maximum atomic E-state index is 12.5. The summed E-state index contributed by atoms with van der Waals surface area (Å²) in [5.41, 5.74) is 1.96. The van der Waals surface area contributed by atoms with Crippen LogP contribution < -0.4 is 0 Å². The number of carbonyl (C=O) groups is 2. The number of benzene rings is 2. The van der Waals surface area contributed by atoms with E-state index in [9.17, 15) is 9.59 Å². The molecule has 0 fully saturated rings. The predicted molar refractivity (Wildman–Crippen MR) is 88.5 cm³/mol. The fourth-order valence-electron chi connectivity index (χ4n) is 2.44. The molecule has 4 nitrogen and oxygen atoms in total. The van der Waals surface area contributed by atoms with Crippen molar-refractivity contribution < 1.29 is 9.59 Å². The lowest BCUT2D eigenvalue weighted by Gasteiger charge is -2.07. The first-order chi connectivity index (χ1) is 11.2. The van der Waals surface area contributed by atoms with Gasteiger partial charge < -0.3 is 0 Å². The quantitative estimate of drug-likeness (QED) is 0.688. The third kappa shape index (κ3) is 2.97. The van der Waals surface area contributed by atoms with Crippen molar-refractivity contribution in [3.05, 3.63) is 78.1 Å². The molecule has 23 heavy (non-hydrogen) atoms. The molecule has 0 saturated carbocycles. The average Bonchev–Trinajstić information content (AvgIpc) is 3.11. The Bertz CT molecular complexity index is 851. The van der Waals surface area contributed by atoms with Gasteiger partial charge in [-0.2, -0.15) is 0 Å². The number of hydrogen-bond acceptors (Lipinski definition) is 3. The van der Waals surface area contributed by atoms with E-state index in [1.54, 1.807) is 42.7 Å². The van der Waals surface area contributed by atoms with Crippen LogP contribution in [-0.4, -0.2) is 21.2 Å². The van der Waals surface area contributed by atoms with Crippen molar-refractivity contribution in [3.63, 3.8) is 0 Å². The first-order valence-electron chi connectivity index (χ1n) is 7.47. The lowest BCUT2D eigenvalue weighted by atomic mass is 10.0. The van der Waals surface area contributed by atoms with Gasteiger partial charge in [0.05, 0.1) is 0 Å². The van der Waals surface area contributed by atoms with Crippen LogP contribution in [0.4, 0.5) is 0 Å². The Labute approximate surface area is 134 Å². The van der Waals surface area contributed by atoms with E-state index < -0.39 is 0 Å². The molecule has 0 aliphatic rings. The average molecular weight is 304 g/mol. The number of imidazole rings is 1. The molecule has 3 aromatic rings. The molecule has 0 unspecified atom stereocenters. The molecule has 0 atom stereocenters. The molecule has 0 radical (unpaired) electrons. The van der Waals surface area contributed by atoms with Gasteiger partial charge in [-0.1, -0.05) is 55.5 Å². The molecule has 0 N–H and O–H groups in total. The Morgan fingerprint density at radius 1 is 1.00 bits per heavy atom. The number of nitrogens with zero attached hydrogens (tertiary/aromatic N) is 2. The summed E-state index contributed by atoms with van der Waals surface area (Å²) in [4.78, 5) is 28.8. The first kappa shape index (κ1) is 14.9. The van der Waals surface area contributed by atoms with Gasteiger partial charge in [0.2, 0.25) is 5.91 Å². The lowest BCUT2D eigenvalue weighted by Crippen LogP contribution is -2.09. The fourth-order valence-corrected chi connectivity index (χ4v) is 2.44. The van der Waals surface area contributed by atoms with Crippen molar-refractivity contribution >= 4 is 11.7 Å². The van der Waals surface area contributed by atoms with Gasteiger partial charge in [0.25, 0.3) is 0 Å². The molecule has 0 spiro atoms. The Kier molecular flexibility index (Phi) is 4.15. The molecule has 0 saturated heterocycles. The first-order valence-corrected chi connectivity index (χ1v) is 7.47. The number of hydrogen-bond donors (Lipinski definition) is 0. The smallest absolute Gasteiger partial charge is 0.232 e. The van der Waals surface area contributed by atoms with Crippen LogP contribution in [-0.2, 0) is 0 Å². The van der Waals surface area contributed by atoms with Crippen LogP contribution >= 0.6 is 0 Å². The van der Waals surface area contributed by atoms with Gasteiger partial charge in [0.1, 0.15) is 5.82 Å². The summed E-state index contributed by atoms with van der Waals surface area (Å²) in [5.74, 6) is 0.476. The van der Waals surface area contributed by atoms with Crippen molar-refractivity contribution in [2.75, 3.05) is 0 Å². The van der Waals surface area contributed by atoms with E-state index >= 15 is 0 Å². The van der Waals surface area contributed by atoms with Crippen LogP contribution in [0.15, 0.2) is 67.0 Å². The number of carbonyl (C=O) groups excluding carboxylic acids is 2. The molecular weight excluding hydrogens is 288 g/mol. The van der Waals surface area contributed by atoms with E-state index in [1.165, 1.54) is 4.57 Å². The number of aromatic nitrogens is 2. The summed E-state index contributed by atoms with van der Waals surface area (Å²) in [6.45, 7) is 1.81. The summed E-state index contributed by atoms with van der Waals surface area (Å²) in [6.07, 6.45) is 3.63. The molecule has 114 valence electrons. The highest BCUT2D eigenvalue weighted by Crippen LogP contribution is 2.21. The maximum absolute atomic E-state index is 12.5. The van der Waals surface area contributed by atoms with E-state index in [0.717, 1.165) is 5.56 Å². The normalized spacial score (nSPS) is 10.5. The molecule has 4 heteroatoms. The molecule has 3 rings (SSSR count). The molecule has 0 amide bonds. The summed E-state index contributed by atoms with van der Waals surface area (Å²) in [5, 5.41) is 0. The summed E-state index contributed by atoms with van der Waals surface area (Å²) in [7, 11) is 0. The molecule has 0 aliphatic carbocycles. The van der Waals surface area contributed by atoms with Crippen LogP contribution in [0.1, 0.15) is 34.1 Å². The second-order valence-electron chi connectivity index (χ2n) is 5.14. The standard InChI is InChI=1S/C19H16N2O2/c1-2-17(22)21-12-11-20-19(21)16-10-6-9-15(13-16)18(23)14-7-4-3-5-8-14/h3-13H,2H2,1H3. The Balaban J connectivity index is 2.00. The minimum absolute atomic E-state index is 0.0303. The monoisotopic (exact) mass is 304 g/mol. The topological polar surface area (TPSA) is 52.0 Å². The Morgan fingerprint density at radius 3 is 2.48 bits per heavy atom. The number of rotatable bonds is 4. The molecule has 1 heterocycles. The lowest BCUT2D eigenvalue weighted by molar-refractivity contribution is 0.0910. The number of ketones is 1. The zero-order valence-corrected chi connectivity index (χ0v) is 12.8.